The van der Waals surface area contributed by atoms with Crippen LogP contribution in [0.1, 0.15) is 0 Å². The van der Waals surface area contributed by atoms with Crippen LogP contribution < -0.4 is 21.1 Å². The quantitative estimate of drug-likeness (QED) is 0.585. The van der Waals surface area contributed by atoms with Gasteiger partial charge in [0.2, 0.25) is 0 Å². The van der Waals surface area contributed by atoms with Crippen LogP contribution in [0.5, 0.6) is 5.75 Å². The molecule has 0 aromatic heterocycles. The van der Waals surface area contributed by atoms with E-state index in [1.807, 2.05) is 0 Å². The van der Waals surface area contributed by atoms with Crippen molar-refractivity contribution < 1.29 is 13.9 Å². The molecule has 0 saturated heterocycles. The summed E-state index contributed by atoms with van der Waals surface area (Å²) < 4.78 is 18.1. The largest absolute Gasteiger partial charge is 0.492 e. The van der Waals surface area contributed by atoms with Crippen LogP contribution in [0, 0.1) is 5.82 Å². The van der Waals surface area contributed by atoms with E-state index in [4.69, 9.17) is 10.5 Å². The van der Waals surface area contributed by atoms with Crippen molar-refractivity contribution in [3.05, 3.63) is 54.3 Å². The van der Waals surface area contributed by atoms with Gasteiger partial charge < -0.3 is 21.1 Å². The molecule has 5 nitrogen and oxygen atoms in total. The molecule has 2 amide bonds. The highest BCUT2D eigenvalue weighted by atomic mass is 19.1. The minimum Gasteiger partial charge on any atom is -0.492 e. The van der Waals surface area contributed by atoms with Gasteiger partial charge in [-0.2, -0.15) is 0 Å². The van der Waals surface area contributed by atoms with Gasteiger partial charge in [0.25, 0.3) is 0 Å². The second-order valence-electron chi connectivity index (χ2n) is 4.31. The lowest BCUT2D eigenvalue weighted by Gasteiger charge is -2.09. The number of hydrogen-bond donors (Lipinski definition) is 3. The number of ether oxygens (including phenoxy) is 1. The summed E-state index contributed by atoms with van der Waals surface area (Å²) in [5, 5.41) is 5.22. The van der Waals surface area contributed by atoms with Crippen LogP contribution in [0.15, 0.2) is 48.5 Å². The number of rotatable bonds is 5. The van der Waals surface area contributed by atoms with Gasteiger partial charge in [-0.15, -0.1) is 0 Å². The van der Waals surface area contributed by atoms with E-state index in [1.54, 1.807) is 24.3 Å². The van der Waals surface area contributed by atoms with Gasteiger partial charge in [0.1, 0.15) is 18.2 Å². The van der Waals surface area contributed by atoms with Gasteiger partial charge >= 0.3 is 6.03 Å². The summed E-state index contributed by atoms with van der Waals surface area (Å²) in [6.07, 6.45) is 0. The average molecular weight is 289 g/mol. The zero-order chi connectivity index (χ0) is 15.1. The molecule has 2 rings (SSSR count). The Morgan fingerprint density at radius 1 is 1.19 bits per heavy atom. The van der Waals surface area contributed by atoms with Gasteiger partial charge in [-0.3, -0.25) is 0 Å². The van der Waals surface area contributed by atoms with Gasteiger partial charge in [0.05, 0.1) is 6.54 Å². The molecule has 2 aromatic rings. The first kappa shape index (κ1) is 14.6. The highest BCUT2D eigenvalue weighted by molar-refractivity contribution is 5.89. The molecular weight excluding hydrogens is 273 g/mol. The molecule has 0 radical (unpaired) electrons. The molecule has 0 fully saturated rings. The topological polar surface area (TPSA) is 76.4 Å². The lowest BCUT2D eigenvalue weighted by Crippen LogP contribution is -2.32. The number of halogens is 1. The third-order valence-electron chi connectivity index (χ3n) is 2.62. The number of carbonyl (C=O) groups excluding carboxylic acids is 1. The lowest BCUT2D eigenvalue weighted by atomic mass is 10.3. The van der Waals surface area contributed by atoms with E-state index in [2.05, 4.69) is 10.6 Å². The van der Waals surface area contributed by atoms with Gasteiger partial charge in [0, 0.05) is 17.4 Å². The SMILES string of the molecule is Nc1cccc(OCCNC(=O)Nc2ccc(F)cc2)c1. The zero-order valence-corrected chi connectivity index (χ0v) is 11.3. The van der Waals surface area contributed by atoms with Crippen LogP contribution in [-0.4, -0.2) is 19.2 Å². The van der Waals surface area contributed by atoms with Crippen molar-refractivity contribution in [3.8, 4) is 5.75 Å². The molecular formula is C15H16FN3O2. The fourth-order valence-corrected chi connectivity index (χ4v) is 1.65. The molecule has 0 aliphatic carbocycles. The molecule has 0 spiro atoms. The number of carbonyl (C=O) groups is 1. The van der Waals surface area contributed by atoms with E-state index in [9.17, 15) is 9.18 Å². The fraction of sp³-hybridized carbons (Fsp3) is 0.133. The summed E-state index contributed by atoms with van der Waals surface area (Å²) in [5.41, 5.74) is 6.76. The maximum Gasteiger partial charge on any atom is 0.319 e. The van der Waals surface area contributed by atoms with E-state index in [-0.39, 0.29) is 11.8 Å². The Kier molecular flexibility index (Phi) is 4.98. The Balaban J connectivity index is 1.68. The molecule has 0 aliphatic heterocycles. The average Bonchev–Trinajstić information content (AvgIpc) is 2.46. The smallest absolute Gasteiger partial charge is 0.319 e. The molecule has 0 unspecified atom stereocenters. The standard InChI is InChI=1S/C15H16FN3O2/c16-11-4-6-13(7-5-11)19-15(20)18-8-9-21-14-3-1-2-12(17)10-14/h1-7,10H,8-9,17H2,(H2,18,19,20). The summed E-state index contributed by atoms with van der Waals surface area (Å²) in [6.45, 7) is 0.655. The van der Waals surface area contributed by atoms with Crippen molar-refractivity contribution >= 4 is 17.4 Å². The summed E-state index contributed by atoms with van der Waals surface area (Å²) in [7, 11) is 0. The monoisotopic (exact) mass is 289 g/mol. The lowest BCUT2D eigenvalue weighted by molar-refractivity contribution is 0.247. The minimum atomic E-state index is -0.377. The Labute approximate surface area is 121 Å². The molecule has 0 saturated carbocycles. The maximum atomic E-state index is 12.7. The van der Waals surface area contributed by atoms with Crippen LogP contribution in [0.4, 0.5) is 20.6 Å². The van der Waals surface area contributed by atoms with Crippen molar-refractivity contribution in [1.82, 2.24) is 5.32 Å². The van der Waals surface area contributed by atoms with Crippen LogP contribution in [0.2, 0.25) is 0 Å². The first-order valence-electron chi connectivity index (χ1n) is 6.42. The normalized spacial score (nSPS) is 9.95. The predicted molar refractivity (Wildman–Crippen MR) is 79.8 cm³/mol. The van der Waals surface area contributed by atoms with E-state index in [0.29, 0.717) is 30.3 Å². The van der Waals surface area contributed by atoms with Gasteiger partial charge in [-0.25, -0.2) is 9.18 Å². The zero-order valence-electron chi connectivity index (χ0n) is 11.3. The van der Waals surface area contributed by atoms with Crippen molar-refractivity contribution in [2.24, 2.45) is 0 Å². The second-order valence-corrected chi connectivity index (χ2v) is 4.31. The Hall–Kier alpha value is -2.76. The van der Waals surface area contributed by atoms with Crippen molar-refractivity contribution in [1.29, 1.82) is 0 Å². The molecule has 21 heavy (non-hydrogen) atoms. The number of nitrogens with one attached hydrogen (secondary N) is 2. The number of amides is 2. The van der Waals surface area contributed by atoms with Crippen LogP contribution in [-0.2, 0) is 0 Å². The van der Waals surface area contributed by atoms with E-state index < -0.39 is 0 Å². The molecule has 6 heteroatoms. The summed E-state index contributed by atoms with van der Waals surface area (Å²) in [6, 6.07) is 12.2. The van der Waals surface area contributed by atoms with Gasteiger partial charge in [-0.1, -0.05) is 6.07 Å². The summed E-state index contributed by atoms with van der Waals surface area (Å²) in [4.78, 5) is 11.6. The highest BCUT2D eigenvalue weighted by Gasteiger charge is 2.01. The predicted octanol–water partition coefficient (Wildman–Crippen LogP) is 2.61. The van der Waals surface area contributed by atoms with E-state index >= 15 is 0 Å². The Morgan fingerprint density at radius 3 is 2.67 bits per heavy atom. The number of nitrogens with two attached hydrogens (primary N) is 1. The Bertz CT molecular complexity index is 602. The first-order valence-corrected chi connectivity index (χ1v) is 6.42. The van der Waals surface area contributed by atoms with Crippen molar-refractivity contribution in [2.75, 3.05) is 24.2 Å². The Morgan fingerprint density at radius 2 is 1.95 bits per heavy atom. The molecule has 0 atom stereocenters. The third kappa shape index (κ3) is 5.02. The van der Waals surface area contributed by atoms with E-state index in [0.717, 1.165) is 0 Å². The van der Waals surface area contributed by atoms with Crippen molar-refractivity contribution in [3.63, 3.8) is 0 Å². The number of hydrogen-bond acceptors (Lipinski definition) is 3. The maximum absolute atomic E-state index is 12.7. The van der Waals surface area contributed by atoms with Gasteiger partial charge in [-0.05, 0) is 36.4 Å². The van der Waals surface area contributed by atoms with Crippen LogP contribution in [0.3, 0.4) is 0 Å². The van der Waals surface area contributed by atoms with Gasteiger partial charge in [0.15, 0.2) is 0 Å². The number of urea groups is 1. The summed E-state index contributed by atoms with van der Waals surface area (Å²) in [5.74, 6) is 0.298. The molecule has 0 aliphatic rings. The highest BCUT2D eigenvalue weighted by Crippen LogP contribution is 2.13. The molecule has 110 valence electrons. The summed E-state index contributed by atoms with van der Waals surface area (Å²) >= 11 is 0. The second kappa shape index (κ2) is 7.14. The van der Waals surface area contributed by atoms with Crippen LogP contribution >= 0.6 is 0 Å². The van der Waals surface area contributed by atoms with Crippen LogP contribution in [0.25, 0.3) is 0 Å². The van der Waals surface area contributed by atoms with E-state index in [1.165, 1.54) is 24.3 Å². The third-order valence-corrected chi connectivity index (χ3v) is 2.62. The first-order chi connectivity index (χ1) is 10.1. The van der Waals surface area contributed by atoms with Crippen molar-refractivity contribution in [2.45, 2.75) is 0 Å². The molecule has 2 aromatic carbocycles. The fourth-order valence-electron chi connectivity index (χ4n) is 1.65. The molecule has 0 heterocycles. The number of nitrogen functional groups attached to an aromatic ring is 1. The molecule has 4 N–H and O–H groups in total. The number of benzene rings is 2. The number of anilines is 2. The minimum absolute atomic E-state index is 0.320. The molecule has 0 bridgehead atoms.